The van der Waals surface area contributed by atoms with Crippen LogP contribution in [0.1, 0.15) is 6.42 Å². The molecule has 4 N–H and O–H groups in total. The summed E-state index contributed by atoms with van der Waals surface area (Å²) in [4.78, 5) is 0. The number of aliphatic hydroxyl groups is 4. The van der Waals surface area contributed by atoms with Crippen LogP contribution in [0.25, 0.3) is 0 Å². The highest BCUT2D eigenvalue weighted by atomic mass is 16.3. The second kappa shape index (κ2) is 8.14. The third kappa shape index (κ3) is 4.88. The molecule has 14 heavy (non-hydrogen) atoms. The summed E-state index contributed by atoms with van der Waals surface area (Å²) in [5.41, 5.74) is 0. The van der Waals surface area contributed by atoms with Gasteiger partial charge in [0.1, 0.15) is 19.6 Å². The van der Waals surface area contributed by atoms with Crippen LogP contribution in [0, 0.1) is 0 Å². The Labute approximate surface area is 84.8 Å². The van der Waals surface area contributed by atoms with Gasteiger partial charge in [0.25, 0.3) is 0 Å². The third-order valence-electron chi connectivity index (χ3n) is 2.51. The van der Waals surface area contributed by atoms with E-state index in [-0.39, 0.29) is 26.4 Å². The highest BCUT2D eigenvalue weighted by molar-refractivity contribution is 4.45. The van der Waals surface area contributed by atoms with Crippen molar-refractivity contribution in [1.29, 1.82) is 0 Å². The van der Waals surface area contributed by atoms with Crippen molar-refractivity contribution in [3.05, 3.63) is 0 Å². The zero-order valence-electron chi connectivity index (χ0n) is 8.60. The van der Waals surface area contributed by atoms with E-state index in [1.165, 1.54) is 0 Å². The van der Waals surface area contributed by atoms with Crippen LogP contribution in [-0.2, 0) is 0 Å². The van der Waals surface area contributed by atoms with Crippen LogP contribution in [0.15, 0.2) is 0 Å². The van der Waals surface area contributed by atoms with Crippen LogP contribution in [0.2, 0.25) is 0 Å². The molecule has 0 saturated carbocycles. The van der Waals surface area contributed by atoms with Crippen molar-refractivity contribution in [2.75, 3.05) is 52.6 Å². The monoisotopic (exact) mass is 208 g/mol. The first kappa shape index (κ1) is 13.8. The SMILES string of the molecule is OCCC[N+](CCO)(CCO)CCO. The normalized spacial score (nSPS) is 12.0. The molecule has 0 atom stereocenters. The minimum Gasteiger partial charge on any atom is -0.396 e. The van der Waals surface area contributed by atoms with E-state index < -0.39 is 0 Å². The molecule has 5 heteroatoms. The maximum Gasteiger partial charge on any atom is 0.102 e. The van der Waals surface area contributed by atoms with E-state index in [0.717, 1.165) is 0 Å². The molecule has 0 unspecified atom stereocenters. The number of hydrogen-bond donors (Lipinski definition) is 4. The molecule has 0 aliphatic carbocycles. The predicted molar refractivity (Wildman–Crippen MR) is 52.7 cm³/mol. The smallest absolute Gasteiger partial charge is 0.102 e. The molecule has 0 heterocycles. The van der Waals surface area contributed by atoms with Crippen LogP contribution in [0.5, 0.6) is 0 Å². The summed E-state index contributed by atoms with van der Waals surface area (Å²) in [6, 6.07) is 0. The molecule has 0 aromatic carbocycles. The molecule has 0 rings (SSSR count). The van der Waals surface area contributed by atoms with Gasteiger partial charge in [-0.25, -0.2) is 0 Å². The zero-order valence-corrected chi connectivity index (χ0v) is 8.60. The summed E-state index contributed by atoms with van der Waals surface area (Å²) in [6.45, 7) is 2.42. The molecule has 86 valence electrons. The molecule has 0 saturated heterocycles. The van der Waals surface area contributed by atoms with Gasteiger partial charge >= 0.3 is 0 Å². The average Bonchev–Trinajstić information content (AvgIpc) is 2.16. The van der Waals surface area contributed by atoms with Crippen molar-refractivity contribution < 1.29 is 24.9 Å². The number of nitrogens with zero attached hydrogens (tertiary/aromatic N) is 1. The van der Waals surface area contributed by atoms with Crippen molar-refractivity contribution in [1.82, 2.24) is 0 Å². The minimum absolute atomic E-state index is 0.0332. The lowest BCUT2D eigenvalue weighted by molar-refractivity contribution is -0.929. The van der Waals surface area contributed by atoms with E-state index in [1.54, 1.807) is 0 Å². The van der Waals surface area contributed by atoms with Gasteiger partial charge in [-0.1, -0.05) is 0 Å². The Bertz CT molecular complexity index is 115. The van der Waals surface area contributed by atoms with Crippen molar-refractivity contribution in [3.63, 3.8) is 0 Å². The zero-order chi connectivity index (χ0) is 10.9. The van der Waals surface area contributed by atoms with E-state index in [2.05, 4.69) is 0 Å². The molecule has 0 aromatic heterocycles. The molecule has 0 radical (unpaired) electrons. The number of aliphatic hydroxyl groups excluding tert-OH is 4. The van der Waals surface area contributed by atoms with Crippen LogP contribution in [-0.4, -0.2) is 77.5 Å². The van der Waals surface area contributed by atoms with E-state index in [1.807, 2.05) is 0 Å². The molecular formula is C9H22NO4+. The van der Waals surface area contributed by atoms with Gasteiger partial charge in [0.05, 0.1) is 26.4 Å². The first-order valence-electron chi connectivity index (χ1n) is 5.03. The molecular weight excluding hydrogens is 186 g/mol. The molecule has 5 nitrogen and oxygen atoms in total. The molecule has 0 bridgehead atoms. The van der Waals surface area contributed by atoms with Gasteiger partial charge in [-0.15, -0.1) is 0 Å². The largest absolute Gasteiger partial charge is 0.396 e. The van der Waals surface area contributed by atoms with E-state index in [9.17, 15) is 0 Å². The number of hydrogen-bond acceptors (Lipinski definition) is 4. The molecule has 0 fully saturated rings. The molecule has 0 aliphatic rings. The summed E-state index contributed by atoms with van der Waals surface area (Å²) >= 11 is 0. The number of quaternary nitrogens is 1. The third-order valence-corrected chi connectivity index (χ3v) is 2.51. The van der Waals surface area contributed by atoms with Crippen LogP contribution >= 0.6 is 0 Å². The Morgan fingerprint density at radius 1 is 0.571 bits per heavy atom. The Balaban J connectivity index is 4.21. The average molecular weight is 208 g/mol. The van der Waals surface area contributed by atoms with E-state index in [4.69, 9.17) is 20.4 Å². The maximum atomic E-state index is 8.91. The molecule has 0 aliphatic heterocycles. The quantitative estimate of drug-likeness (QED) is 0.336. The lowest BCUT2D eigenvalue weighted by atomic mass is 10.2. The molecule has 0 amide bonds. The first-order chi connectivity index (χ1) is 6.74. The van der Waals surface area contributed by atoms with Gasteiger partial charge < -0.3 is 24.9 Å². The Kier molecular flexibility index (Phi) is 8.02. The molecule has 0 aromatic rings. The Morgan fingerprint density at radius 3 is 1.29 bits per heavy atom. The van der Waals surface area contributed by atoms with Gasteiger partial charge in [-0.3, -0.25) is 0 Å². The van der Waals surface area contributed by atoms with Gasteiger partial charge in [0, 0.05) is 13.0 Å². The second-order valence-corrected chi connectivity index (χ2v) is 3.48. The van der Waals surface area contributed by atoms with Crippen molar-refractivity contribution >= 4 is 0 Å². The van der Waals surface area contributed by atoms with Gasteiger partial charge in [-0.05, 0) is 0 Å². The lowest BCUT2D eigenvalue weighted by Crippen LogP contribution is -2.54. The lowest BCUT2D eigenvalue weighted by Gasteiger charge is -2.37. The van der Waals surface area contributed by atoms with E-state index >= 15 is 0 Å². The van der Waals surface area contributed by atoms with Crippen LogP contribution in [0.4, 0.5) is 0 Å². The summed E-state index contributed by atoms with van der Waals surface area (Å²) in [6.07, 6.45) is 0.625. The predicted octanol–water partition coefficient (Wildman–Crippen LogP) is -1.84. The first-order valence-corrected chi connectivity index (χ1v) is 5.03. The fourth-order valence-corrected chi connectivity index (χ4v) is 1.71. The fourth-order valence-electron chi connectivity index (χ4n) is 1.71. The standard InChI is InChI=1S/C9H22NO4/c11-6-1-2-10(3-7-12,4-8-13)5-9-14/h11-14H,1-9H2/q+1. The highest BCUT2D eigenvalue weighted by Crippen LogP contribution is 2.07. The topological polar surface area (TPSA) is 80.9 Å². The summed E-state index contributed by atoms with van der Waals surface area (Å²) in [5, 5.41) is 35.5. The number of rotatable bonds is 9. The van der Waals surface area contributed by atoms with Crippen molar-refractivity contribution in [2.24, 2.45) is 0 Å². The van der Waals surface area contributed by atoms with Gasteiger partial charge in [0.15, 0.2) is 0 Å². The summed E-state index contributed by atoms with van der Waals surface area (Å²) in [7, 11) is 0. The van der Waals surface area contributed by atoms with E-state index in [0.29, 0.717) is 37.1 Å². The summed E-state index contributed by atoms with van der Waals surface area (Å²) < 4.78 is 0.476. The fraction of sp³-hybridized carbons (Fsp3) is 1.00. The Hall–Kier alpha value is -0.200. The maximum absolute atomic E-state index is 8.91. The second-order valence-electron chi connectivity index (χ2n) is 3.48. The Morgan fingerprint density at radius 2 is 1.00 bits per heavy atom. The van der Waals surface area contributed by atoms with Crippen LogP contribution in [0.3, 0.4) is 0 Å². The van der Waals surface area contributed by atoms with Crippen molar-refractivity contribution in [3.8, 4) is 0 Å². The van der Waals surface area contributed by atoms with Gasteiger partial charge in [0.2, 0.25) is 0 Å². The highest BCUT2D eigenvalue weighted by Gasteiger charge is 2.24. The summed E-state index contributed by atoms with van der Waals surface area (Å²) in [5.74, 6) is 0. The van der Waals surface area contributed by atoms with Crippen molar-refractivity contribution in [2.45, 2.75) is 6.42 Å². The van der Waals surface area contributed by atoms with Crippen LogP contribution < -0.4 is 0 Å². The molecule has 0 spiro atoms. The van der Waals surface area contributed by atoms with Gasteiger partial charge in [-0.2, -0.15) is 0 Å². The minimum atomic E-state index is 0.0332.